The highest BCUT2D eigenvalue weighted by atomic mass is 16.4. The van der Waals surface area contributed by atoms with Crippen molar-refractivity contribution < 1.29 is 19.8 Å². The van der Waals surface area contributed by atoms with Gasteiger partial charge in [-0.25, -0.2) is 14.8 Å². The summed E-state index contributed by atoms with van der Waals surface area (Å²) in [6, 6.07) is 13.2. The molecule has 1 fully saturated rings. The van der Waals surface area contributed by atoms with Crippen molar-refractivity contribution >= 4 is 28.7 Å². The van der Waals surface area contributed by atoms with E-state index in [0.717, 1.165) is 48.0 Å². The number of carbonyl (C=O) groups excluding carboxylic acids is 1. The first-order valence-corrected chi connectivity index (χ1v) is 12.5. The lowest BCUT2D eigenvalue weighted by atomic mass is 9.82. The van der Waals surface area contributed by atoms with Crippen LogP contribution in [-0.4, -0.2) is 58.4 Å². The summed E-state index contributed by atoms with van der Waals surface area (Å²) >= 11 is 0. The minimum atomic E-state index is -0.977. The van der Waals surface area contributed by atoms with Crippen LogP contribution < -0.4 is 16.0 Å². The number of nitrogens with one attached hydrogen (secondary N) is 3. The number of pyridine rings is 2. The van der Waals surface area contributed by atoms with E-state index in [-0.39, 0.29) is 12.5 Å². The number of benzene rings is 1. The third-order valence-corrected chi connectivity index (χ3v) is 6.72. The SMILES string of the molecule is O=C(O)NCC1CCC(CNC(=O)c2cc(-c3ccc(NCCCO)nc3)nc3ccccc23)CC1. The quantitative estimate of drug-likeness (QED) is 0.271. The number of aromatic nitrogens is 2. The summed E-state index contributed by atoms with van der Waals surface area (Å²) < 4.78 is 0. The van der Waals surface area contributed by atoms with E-state index in [0.29, 0.717) is 49.1 Å². The second-order valence-corrected chi connectivity index (χ2v) is 9.29. The average molecular weight is 492 g/mol. The molecule has 1 aliphatic carbocycles. The molecule has 9 heteroatoms. The van der Waals surface area contributed by atoms with E-state index < -0.39 is 6.09 Å². The molecule has 1 saturated carbocycles. The van der Waals surface area contributed by atoms with E-state index in [9.17, 15) is 9.59 Å². The summed E-state index contributed by atoms with van der Waals surface area (Å²) in [5.41, 5.74) is 2.83. The van der Waals surface area contributed by atoms with Crippen molar-refractivity contribution in [1.29, 1.82) is 0 Å². The Kier molecular flexibility index (Phi) is 8.67. The van der Waals surface area contributed by atoms with Crippen LogP contribution >= 0.6 is 0 Å². The molecule has 0 radical (unpaired) electrons. The van der Waals surface area contributed by atoms with Crippen LogP contribution in [0.25, 0.3) is 22.2 Å². The molecule has 0 saturated heterocycles. The van der Waals surface area contributed by atoms with E-state index in [1.54, 1.807) is 6.20 Å². The summed E-state index contributed by atoms with van der Waals surface area (Å²) in [7, 11) is 0. The van der Waals surface area contributed by atoms with Crippen LogP contribution in [-0.2, 0) is 0 Å². The third kappa shape index (κ3) is 6.69. The van der Waals surface area contributed by atoms with Crippen molar-refractivity contribution in [2.24, 2.45) is 11.8 Å². The molecule has 3 aromatic rings. The molecule has 0 bridgehead atoms. The summed E-state index contributed by atoms with van der Waals surface area (Å²) in [6.45, 7) is 1.86. The first-order chi connectivity index (χ1) is 17.5. The van der Waals surface area contributed by atoms with Crippen LogP contribution in [0.4, 0.5) is 10.6 Å². The fraction of sp³-hybridized carbons (Fsp3) is 0.407. The molecule has 4 rings (SSSR count). The fourth-order valence-electron chi connectivity index (χ4n) is 4.66. The van der Waals surface area contributed by atoms with Gasteiger partial charge in [0.05, 0.1) is 16.8 Å². The molecule has 1 aromatic carbocycles. The number of carboxylic acid groups (broad SMARTS) is 1. The Balaban J connectivity index is 1.43. The number of para-hydroxylation sites is 1. The first-order valence-electron chi connectivity index (χ1n) is 12.5. The number of hydrogen-bond donors (Lipinski definition) is 5. The number of hydrogen-bond acceptors (Lipinski definition) is 6. The normalized spacial score (nSPS) is 17.5. The Labute approximate surface area is 210 Å². The van der Waals surface area contributed by atoms with Crippen molar-refractivity contribution in [3.63, 3.8) is 0 Å². The maximum absolute atomic E-state index is 13.3. The number of aliphatic hydroxyl groups is 1. The summed E-state index contributed by atoms with van der Waals surface area (Å²) in [6.07, 6.45) is 5.27. The van der Waals surface area contributed by atoms with Gasteiger partial charge in [-0.3, -0.25) is 4.79 Å². The lowest BCUT2D eigenvalue weighted by molar-refractivity contribution is 0.0942. The molecular weight excluding hydrogens is 458 g/mol. The van der Waals surface area contributed by atoms with Gasteiger partial charge in [0.1, 0.15) is 5.82 Å². The zero-order chi connectivity index (χ0) is 25.3. The van der Waals surface area contributed by atoms with Gasteiger partial charge in [0.25, 0.3) is 5.91 Å². The molecule has 0 aliphatic heterocycles. The molecular formula is C27H33N5O4. The monoisotopic (exact) mass is 491 g/mol. The zero-order valence-electron chi connectivity index (χ0n) is 20.2. The summed E-state index contributed by atoms with van der Waals surface area (Å²) in [5, 5.41) is 27.3. The molecule has 2 aromatic heterocycles. The van der Waals surface area contributed by atoms with E-state index in [2.05, 4.69) is 20.9 Å². The van der Waals surface area contributed by atoms with Gasteiger partial charge in [0.2, 0.25) is 0 Å². The van der Waals surface area contributed by atoms with E-state index in [1.165, 1.54) is 0 Å². The lowest BCUT2D eigenvalue weighted by Crippen LogP contribution is -2.34. The highest BCUT2D eigenvalue weighted by Gasteiger charge is 2.22. The number of amides is 2. The Morgan fingerprint density at radius 1 is 0.972 bits per heavy atom. The minimum Gasteiger partial charge on any atom is -0.465 e. The minimum absolute atomic E-state index is 0.125. The molecule has 36 heavy (non-hydrogen) atoms. The Hall–Kier alpha value is -3.72. The molecule has 2 amide bonds. The smallest absolute Gasteiger partial charge is 0.404 e. The van der Waals surface area contributed by atoms with Crippen LogP contribution in [0.2, 0.25) is 0 Å². The highest BCUT2D eigenvalue weighted by molar-refractivity contribution is 6.07. The highest BCUT2D eigenvalue weighted by Crippen LogP contribution is 2.29. The largest absolute Gasteiger partial charge is 0.465 e. The van der Waals surface area contributed by atoms with Gasteiger partial charge in [0, 0.05) is 43.4 Å². The molecule has 190 valence electrons. The van der Waals surface area contributed by atoms with Gasteiger partial charge in [-0.15, -0.1) is 0 Å². The Bertz CT molecular complexity index is 1180. The third-order valence-electron chi connectivity index (χ3n) is 6.72. The van der Waals surface area contributed by atoms with Gasteiger partial charge in [0.15, 0.2) is 0 Å². The number of nitrogens with zero attached hydrogens (tertiary/aromatic N) is 2. The van der Waals surface area contributed by atoms with Crippen molar-refractivity contribution in [2.45, 2.75) is 32.1 Å². The number of aliphatic hydroxyl groups excluding tert-OH is 1. The van der Waals surface area contributed by atoms with E-state index in [1.807, 2.05) is 42.5 Å². The second-order valence-electron chi connectivity index (χ2n) is 9.29. The van der Waals surface area contributed by atoms with Crippen molar-refractivity contribution in [3.8, 4) is 11.3 Å². The van der Waals surface area contributed by atoms with Crippen molar-refractivity contribution in [1.82, 2.24) is 20.6 Å². The van der Waals surface area contributed by atoms with Crippen LogP contribution in [0, 0.1) is 11.8 Å². The molecule has 5 N–H and O–H groups in total. The van der Waals surface area contributed by atoms with E-state index >= 15 is 0 Å². The Morgan fingerprint density at radius 3 is 2.36 bits per heavy atom. The van der Waals surface area contributed by atoms with Gasteiger partial charge >= 0.3 is 6.09 Å². The van der Waals surface area contributed by atoms with Crippen LogP contribution in [0.15, 0.2) is 48.7 Å². The van der Waals surface area contributed by atoms with Crippen molar-refractivity contribution in [2.75, 3.05) is 31.6 Å². The van der Waals surface area contributed by atoms with E-state index in [4.69, 9.17) is 15.2 Å². The lowest BCUT2D eigenvalue weighted by Gasteiger charge is -2.28. The predicted octanol–water partition coefficient (Wildman–Crippen LogP) is 3.89. The molecule has 0 atom stereocenters. The Morgan fingerprint density at radius 2 is 1.69 bits per heavy atom. The molecule has 1 aliphatic rings. The van der Waals surface area contributed by atoms with Gasteiger partial charge in [-0.05, 0) is 68.2 Å². The standard InChI is InChI=1S/C27H33N5O4/c33-13-3-12-28-25-11-10-20(17-29-25)24-14-22(21-4-1-2-5-23(21)32-24)26(34)30-15-18-6-8-19(9-7-18)16-31-27(35)36/h1-2,4-5,10-11,14,17-19,31,33H,3,6-9,12-13,15-16H2,(H,28,29)(H,30,34)(H,35,36). The van der Waals surface area contributed by atoms with Crippen molar-refractivity contribution in [3.05, 3.63) is 54.2 Å². The van der Waals surface area contributed by atoms with Crippen LogP contribution in [0.5, 0.6) is 0 Å². The zero-order valence-corrected chi connectivity index (χ0v) is 20.2. The number of carbonyl (C=O) groups is 2. The second kappa shape index (κ2) is 12.3. The van der Waals surface area contributed by atoms with Crippen LogP contribution in [0.3, 0.4) is 0 Å². The molecule has 9 nitrogen and oxygen atoms in total. The maximum atomic E-state index is 13.3. The molecule has 0 spiro atoms. The number of rotatable bonds is 10. The topological polar surface area (TPSA) is 136 Å². The summed E-state index contributed by atoms with van der Waals surface area (Å²) in [5.74, 6) is 1.35. The molecule has 2 heterocycles. The van der Waals surface area contributed by atoms with Crippen LogP contribution in [0.1, 0.15) is 42.5 Å². The first kappa shape index (κ1) is 25.4. The van der Waals surface area contributed by atoms with Gasteiger partial charge < -0.3 is 26.2 Å². The maximum Gasteiger partial charge on any atom is 0.404 e. The average Bonchev–Trinajstić information content (AvgIpc) is 2.91. The predicted molar refractivity (Wildman–Crippen MR) is 139 cm³/mol. The number of fused-ring (bicyclic) bond motifs is 1. The number of anilines is 1. The fourth-order valence-corrected chi connectivity index (χ4v) is 4.66. The van der Waals surface area contributed by atoms with Gasteiger partial charge in [-0.1, -0.05) is 18.2 Å². The summed E-state index contributed by atoms with van der Waals surface area (Å²) in [4.78, 5) is 33.2. The molecule has 0 unspecified atom stereocenters. The van der Waals surface area contributed by atoms with Gasteiger partial charge in [-0.2, -0.15) is 0 Å².